The van der Waals surface area contributed by atoms with Crippen molar-refractivity contribution < 1.29 is 19.1 Å². The molecule has 11 heteroatoms. The lowest BCUT2D eigenvalue weighted by Gasteiger charge is -2.27. The monoisotopic (exact) mass is 347 g/mol. The van der Waals surface area contributed by atoms with Gasteiger partial charge in [-0.15, -0.1) is 0 Å². The molecule has 1 aliphatic heterocycles. The number of hydrogen-bond donors (Lipinski definition) is 1. The van der Waals surface area contributed by atoms with Gasteiger partial charge in [0.15, 0.2) is 6.29 Å². The number of anilines is 2. The van der Waals surface area contributed by atoms with Crippen molar-refractivity contribution in [2.24, 2.45) is 0 Å². The largest absolute Gasteiger partial charge is 0.378 e. The highest BCUT2D eigenvalue weighted by atomic mass is 35.5. The molecular weight excluding hydrogens is 330 g/mol. The number of morpholine rings is 1. The Balaban J connectivity index is 2.32. The molecule has 2 rings (SSSR count). The van der Waals surface area contributed by atoms with Gasteiger partial charge < -0.3 is 24.4 Å². The highest BCUT2D eigenvalue weighted by Gasteiger charge is 2.29. The minimum atomic E-state index is -0.574. The molecule has 10 nitrogen and oxygen atoms in total. The predicted octanol–water partition coefficient (Wildman–Crippen LogP) is 0.906. The number of nitrogens with zero attached hydrogens (tertiary/aromatic N) is 4. The Labute approximate surface area is 137 Å². The predicted molar refractivity (Wildman–Crippen MR) is 83.0 cm³/mol. The summed E-state index contributed by atoms with van der Waals surface area (Å²) >= 11 is 5.92. The van der Waals surface area contributed by atoms with Crippen LogP contribution >= 0.6 is 11.6 Å². The number of hydrogen-bond acceptors (Lipinski definition) is 9. The van der Waals surface area contributed by atoms with Crippen molar-refractivity contribution in [3.8, 4) is 0 Å². The van der Waals surface area contributed by atoms with E-state index in [9.17, 15) is 10.1 Å². The van der Waals surface area contributed by atoms with E-state index in [1.165, 1.54) is 14.2 Å². The van der Waals surface area contributed by atoms with Crippen LogP contribution in [-0.4, -0.2) is 68.2 Å². The van der Waals surface area contributed by atoms with Gasteiger partial charge in [0.1, 0.15) is 0 Å². The molecule has 0 aromatic carbocycles. The van der Waals surface area contributed by atoms with Gasteiger partial charge in [-0.05, 0) is 11.6 Å². The van der Waals surface area contributed by atoms with Crippen molar-refractivity contribution in [3.05, 3.63) is 15.4 Å². The fourth-order valence-corrected chi connectivity index (χ4v) is 2.31. The number of halogens is 1. The summed E-state index contributed by atoms with van der Waals surface area (Å²) in [6.45, 7) is 2.09. The molecule has 0 radical (unpaired) electrons. The third kappa shape index (κ3) is 4.38. The second kappa shape index (κ2) is 8.20. The van der Waals surface area contributed by atoms with Crippen LogP contribution in [0, 0.1) is 10.1 Å². The first-order chi connectivity index (χ1) is 11.1. The number of aromatic nitrogens is 2. The van der Waals surface area contributed by atoms with Crippen LogP contribution in [0.15, 0.2) is 0 Å². The Morgan fingerprint density at radius 1 is 1.39 bits per heavy atom. The second-order valence-corrected chi connectivity index (χ2v) is 4.99. The van der Waals surface area contributed by atoms with Gasteiger partial charge in [-0.2, -0.15) is 9.97 Å². The standard InChI is InChI=1S/C12H18ClN5O5/c1-21-8(22-2)7-14-10-9(18(19)20)11(16-12(13)15-10)17-3-5-23-6-4-17/h8H,3-7H2,1-2H3,(H,14,15,16). The van der Waals surface area contributed by atoms with Crippen LogP contribution < -0.4 is 10.2 Å². The second-order valence-electron chi connectivity index (χ2n) is 4.65. The van der Waals surface area contributed by atoms with Gasteiger partial charge >= 0.3 is 5.69 Å². The van der Waals surface area contributed by atoms with Crippen molar-refractivity contribution in [3.63, 3.8) is 0 Å². The van der Waals surface area contributed by atoms with Crippen LogP contribution in [-0.2, 0) is 14.2 Å². The highest BCUT2D eigenvalue weighted by Crippen LogP contribution is 2.34. The molecule has 0 amide bonds. The zero-order valence-corrected chi connectivity index (χ0v) is 13.6. The number of nitrogens with one attached hydrogen (secondary N) is 1. The third-order valence-electron chi connectivity index (χ3n) is 3.29. The summed E-state index contributed by atoms with van der Waals surface area (Å²) in [4.78, 5) is 20.7. The van der Waals surface area contributed by atoms with Crippen LogP contribution in [0.25, 0.3) is 0 Å². The summed E-state index contributed by atoms with van der Waals surface area (Å²) < 4.78 is 15.3. The molecule has 0 saturated carbocycles. The minimum Gasteiger partial charge on any atom is -0.378 e. The van der Waals surface area contributed by atoms with E-state index in [2.05, 4.69) is 15.3 Å². The van der Waals surface area contributed by atoms with E-state index in [1.54, 1.807) is 4.90 Å². The van der Waals surface area contributed by atoms with Crippen molar-refractivity contribution in [2.45, 2.75) is 6.29 Å². The minimum absolute atomic E-state index is 0.0237. The molecule has 0 unspecified atom stereocenters. The molecule has 0 bridgehead atoms. The maximum Gasteiger partial charge on any atom is 0.353 e. The lowest BCUT2D eigenvalue weighted by molar-refractivity contribution is -0.383. The average Bonchev–Trinajstić information content (AvgIpc) is 2.55. The lowest BCUT2D eigenvalue weighted by Crippen LogP contribution is -2.37. The summed E-state index contributed by atoms with van der Waals surface area (Å²) in [6, 6.07) is 0. The number of rotatable bonds is 7. The molecule has 1 N–H and O–H groups in total. The molecule has 128 valence electrons. The van der Waals surface area contributed by atoms with Crippen molar-refractivity contribution >= 4 is 28.9 Å². The van der Waals surface area contributed by atoms with Crippen molar-refractivity contribution in [2.75, 3.05) is 57.3 Å². The van der Waals surface area contributed by atoms with E-state index in [4.69, 9.17) is 25.8 Å². The smallest absolute Gasteiger partial charge is 0.353 e. The van der Waals surface area contributed by atoms with Gasteiger partial charge in [0.2, 0.25) is 16.9 Å². The van der Waals surface area contributed by atoms with E-state index < -0.39 is 11.2 Å². The summed E-state index contributed by atoms with van der Waals surface area (Å²) in [6.07, 6.45) is -0.574. The summed E-state index contributed by atoms with van der Waals surface area (Å²) in [5.74, 6) is 0.197. The zero-order valence-electron chi connectivity index (χ0n) is 12.8. The summed E-state index contributed by atoms with van der Waals surface area (Å²) in [7, 11) is 2.94. The van der Waals surface area contributed by atoms with E-state index >= 15 is 0 Å². The molecular formula is C12H18ClN5O5. The molecule has 1 aromatic rings. The molecule has 23 heavy (non-hydrogen) atoms. The van der Waals surface area contributed by atoms with Crippen LogP contribution in [0.2, 0.25) is 5.28 Å². The Hall–Kier alpha value is -1.75. The normalized spacial score (nSPS) is 15.0. The van der Waals surface area contributed by atoms with Gasteiger partial charge in [0, 0.05) is 27.3 Å². The van der Waals surface area contributed by atoms with Crippen LogP contribution in [0.5, 0.6) is 0 Å². The summed E-state index contributed by atoms with van der Waals surface area (Å²) in [5.41, 5.74) is -0.234. The van der Waals surface area contributed by atoms with Crippen molar-refractivity contribution in [1.29, 1.82) is 0 Å². The van der Waals surface area contributed by atoms with Crippen LogP contribution in [0.3, 0.4) is 0 Å². The van der Waals surface area contributed by atoms with Crippen LogP contribution in [0.4, 0.5) is 17.3 Å². The average molecular weight is 348 g/mol. The molecule has 1 fully saturated rings. The number of methoxy groups -OCH3 is 2. The van der Waals surface area contributed by atoms with E-state index in [1.807, 2.05) is 0 Å². The first-order valence-corrected chi connectivity index (χ1v) is 7.28. The molecule has 0 atom stereocenters. The molecule has 1 aliphatic rings. The first-order valence-electron chi connectivity index (χ1n) is 6.91. The quantitative estimate of drug-likeness (QED) is 0.332. The van der Waals surface area contributed by atoms with E-state index in [0.29, 0.717) is 26.3 Å². The molecule has 1 aromatic heterocycles. The summed E-state index contributed by atoms with van der Waals surface area (Å²) in [5, 5.41) is 14.3. The number of nitro groups is 1. The third-order valence-corrected chi connectivity index (χ3v) is 3.46. The Morgan fingerprint density at radius 2 is 2.04 bits per heavy atom. The highest BCUT2D eigenvalue weighted by molar-refractivity contribution is 6.28. The lowest BCUT2D eigenvalue weighted by atomic mass is 10.3. The Bertz CT molecular complexity index is 551. The first kappa shape index (κ1) is 17.6. The van der Waals surface area contributed by atoms with E-state index in [-0.39, 0.29) is 29.2 Å². The SMILES string of the molecule is COC(CNc1nc(Cl)nc(N2CCOCC2)c1[N+](=O)[O-])OC. The molecule has 2 heterocycles. The number of ether oxygens (including phenoxy) is 3. The molecule has 1 saturated heterocycles. The Morgan fingerprint density at radius 3 is 2.61 bits per heavy atom. The maximum atomic E-state index is 11.5. The topological polar surface area (TPSA) is 112 Å². The van der Waals surface area contributed by atoms with Gasteiger partial charge in [-0.1, -0.05) is 0 Å². The van der Waals surface area contributed by atoms with Gasteiger partial charge in [-0.3, -0.25) is 10.1 Å². The molecule has 0 aliphatic carbocycles. The Kier molecular flexibility index (Phi) is 6.28. The van der Waals surface area contributed by atoms with Crippen molar-refractivity contribution in [1.82, 2.24) is 9.97 Å². The van der Waals surface area contributed by atoms with Gasteiger partial charge in [0.05, 0.1) is 24.7 Å². The van der Waals surface area contributed by atoms with Crippen LogP contribution in [0.1, 0.15) is 0 Å². The fraction of sp³-hybridized carbons (Fsp3) is 0.667. The fourth-order valence-electron chi connectivity index (χ4n) is 2.15. The van der Waals surface area contributed by atoms with E-state index in [0.717, 1.165) is 0 Å². The zero-order chi connectivity index (χ0) is 16.8. The molecule has 0 spiro atoms. The van der Waals surface area contributed by atoms with Gasteiger partial charge in [-0.25, -0.2) is 0 Å². The van der Waals surface area contributed by atoms with Gasteiger partial charge in [0.25, 0.3) is 0 Å². The maximum absolute atomic E-state index is 11.5.